The van der Waals surface area contributed by atoms with Crippen molar-refractivity contribution in [2.75, 3.05) is 4.90 Å². The van der Waals surface area contributed by atoms with Crippen LogP contribution in [0.5, 0.6) is 0 Å². The number of hydrogen-bond donors (Lipinski definition) is 0. The van der Waals surface area contributed by atoms with Crippen LogP contribution in [0.1, 0.15) is 0 Å². The molecule has 7 aromatic carbocycles. The molecule has 0 radical (unpaired) electrons. The average Bonchev–Trinajstić information content (AvgIpc) is 3.53. The molecule has 0 N–H and O–H groups in total. The third-order valence-electron chi connectivity index (χ3n) is 9.05. The van der Waals surface area contributed by atoms with Crippen molar-refractivity contribution in [1.29, 1.82) is 0 Å². The Labute approximate surface area is 290 Å². The number of hydrogen-bond acceptors (Lipinski definition) is 4. The number of aromatic nitrogens is 4. The first-order chi connectivity index (χ1) is 24.8. The lowest BCUT2D eigenvalue weighted by Gasteiger charge is -2.25. The van der Waals surface area contributed by atoms with Crippen LogP contribution in [0.25, 0.3) is 61.7 Å². The van der Waals surface area contributed by atoms with Gasteiger partial charge in [-0.05, 0) is 65.7 Å². The van der Waals surface area contributed by atoms with Crippen LogP contribution in [-0.4, -0.2) is 19.5 Å². The molecular weight excluding hydrogens is 611 g/mol. The topological polar surface area (TPSA) is 46.8 Å². The number of nitrogens with zero attached hydrogens (tertiary/aromatic N) is 5. The second-order valence-corrected chi connectivity index (χ2v) is 12.2. The van der Waals surface area contributed by atoms with Crippen LogP contribution in [-0.2, 0) is 0 Å². The summed E-state index contributed by atoms with van der Waals surface area (Å²) < 4.78 is 2.16. The maximum Gasteiger partial charge on any atom is 0.238 e. The van der Waals surface area contributed by atoms with Crippen LogP contribution in [0.4, 0.5) is 17.1 Å². The lowest BCUT2D eigenvalue weighted by molar-refractivity contribution is 0.953. The van der Waals surface area contributed by atoms with E-state index < -0.39 is 0 Å². The molecule has 0 fully saturated rings. The van der Waals surface area contributed by atoms with E-state index in [9.17, 15) is 0 Å². The van der Waals surface area contributed by atoms with Gasteiger partial charge in [-0.15, -0.1) is 0 Å². The molecule has 0 aliphatic rings. The number of fused-ring (bicyclic) bond motifs is 3. The van der Waals surface area contributed by atoms with Crippen LogP contribution < -0.4 is 4.90 Å². The number of anilines is 3. The molecule has 0 aliphatic carbocycles. The van der Waals surface area contributed by atoms with Gasteiger partial charge in [0.15, 0.2) is 11.6 Å². The van der Waals surface area contributed by atoms with Gasteiger partial charge in [-0.25, -0.2) is 4.98 Å². The van der Waals surface area contributed by atoms with Gasteiger partial charge in [-0.2, -0.15) is 9.97 Å². The van der Waals surface area contributed by atoms with Crippen molar-refractivity contribution in [1.82, 2.24) is 19.5 Å². The van der Waals surface area contributed by atoms with Crippen molar-refractivity contribution in [3.05, 3.63) is 188 Å². The van der Waals surface area contributed by atoms with E-state index in [4.69, 9.17) is 15.0 Å². The summed E-state index contributed by atoms with van der Waals surface area (Å²) in [4.78, 5) is 17.3. The first-order valence-electron chi connectivity index (χ1n) is 16.7. The van der Waals surface area contributed by atoms with Gasteiger partial charge in [0.2, 0.25) is 5.95 Å². The molecule has 9 rings (SSSR count). The molecular formula is C45H31N5. The minimum atomic E-state index is 0.586. The maximum atomic E-state index is 5.06. The van der Waals surface area contributed by atoms with E-state index in [1.165, 1.54) is 0 Å². The van der Waals surface area contributed by atoms with Crippen molar-refractivity contribution in [3.63, 3.8) is 0 Å². The highest BCUT2D eigenvalue weighted by Gasteiger charge is 2.18. The van der Waals surface area contributed by atoms with Crippen LogP contribution in [0.15, 0.2) is 188 Å². The van der Waals surface area contributed by atoms with Crippen molar-refractivity contribution in [3.8, 4) is 39.9 Å². The second-order valence-electron chi connectivity index (χ2n) is 12.2. The van der Waals surface area contributed by atoms with Gasteiger partial charge in [0.25, 0.3) is 0 Å². The third-order valence-corrected chi connectivity index (χ3v) is 9.05. The predicted molar refractivity (Wildman–Crippen MR) is 205 cm³/mol. The Kier molecular flexibility index (Phi) is 7.41. The van der Waals surface area contributed by atoms with Gasteiger partial charge < -0.3 is 4.90 Å². The third kappa shape index (κ3) is 5.37. The first kappa shape index (κ1) is 29.3. The smallest absolute Gasteiger partial charge is 0.238 e. The summed E-state index contributed by atoms with van der Waals surface area (Å²) >= 11 is 0. The van der Waals surface area contributed by atoms with Gasteiger partial charge >= 0.3 is 0 Å². The molecule has 0 saturated carbocycles. The minimum Gasteiger partial charge on any atom is -0.311 e. The summed E-state index contributed by atoms with van der Waals surface area (Å²) in [6.07, 6.45) is 0. The first-order valence-corrected chi connectivity index (χ1v) is 16.7. The van der Waals surface area contributed by atoms with Crippen LogP contribution >= 0.6 is 0 Å². The number of para-hydroxylation sites is 3. The molecule has 5 heteroatoms. The molecule has 236 valence electrons. The largest absolute Gasteiger partial charge is 0.311 e. The van der Waals surface area contributed by atoms with Gasteiger partial charge in [-0.3, -0.25) is 4.57 Å². The lowest BCUT2D eigenvalue weighted by Crippen LogP contribution is -2.09. The lowest BCUT2D eigenvalue weighted by atomic mass is 10.0. The van der Waals surface area contributed by atoms with E-state index in [-0.39, 0.29) is 0 Å². The molecule has 0 atom stereocenters. The highest BCUT2D eigenvalue weighted by Crippen LogP contribution is 2.38. The van der Waals surface area contributed by atoms with Gasteiger partial charge in [-0.1, -0.05) is 133 Å². The second kappa shape index (κ2) is 12.6. The highest BCUT2D eigenvalue weighted by molar-refractivity contribution is 6.10. The maximum absolute atomic E-state index is 5.06. The fraction of sp³-hybridized carbons (Fsp3) is 0. The van der Waals surface area contributed by atoms with Gasteiger partial charge in [0, 0.05) is 39.0 Å². The Morgan fingerprint density at radius 3 is 1.38 bits per heavy atom. The monoisotopic (exact) mass is 641 g/mol. The standard InChI is InChI=1S/C45H31N5/c1-5-15-33(16-6-1)43-46-44(34-17-7-2-8-18-34)48-45(47-43)50-41-24-14-13-23-39(41)40-31-35(27-30-42(40)50)32-25-28-38(29-26-32)49(36-19-9-3-10-20-36)37-21-11-4-12-22-37/h1-31H. The summed E-state index contributed by atoms with van der Waals surface area (Å²) in [7, 11) is 0. The normalized spacial score (nSPS) is 11.2. The van der Waals surface area contributed by atoms with E-state index in [0.29, 0.717) is 17.6 Å². The molecule has 5 nitrogen and oxygen atoms in total. The van der Waals surface area contributed by atoms with Crippen molar-refractivity contribution in [2.24, 2.45) is 0 Å². The van der Waals surface area contributed by atoms with E-state index in [2.05, 4.69) is 125 Å². The Morgan fingerprint density at radius 2 is 0.800 bits per heavy atom. The van der Waals surface area contributed by atoms with E-state index in [1.54, 1.807) is 0 Å². The SMILES string of the molecule is c1ccc(-c2nc(-c3ccccc3)nc(-n3c4ccccc4c4cc(-c5ccc(N(c6ccccc6)c6ccccc6)cc5)ccc43)n2)cc1. The number of rotatable bonds is 7. The summed E-state index contributed by atoms with van der Waals surface area (Å²) in [5.41, 5.74) is 9.58. The quantitative estimate of drug-likeness (QED) is 0.174. The molecule has 9 aromatic rings. The fourth-order valence-corrected chi connectivity index (χ4v) is 6.67. The van der Waals surface area contributed by atoms with Crippen LogP contribution in [0.2, 0.25) is 0 Å². The zero-order valence-electron chi connectivity index (χ0n) is 27.1. The van der Waals surface area contributed by atoms with Crippen molar-refractivity contribution >= 4 is 38.9 Å². The van der Waals surface area contributed by atoms with Gasteiger partial charge in [0.05, 0.1) is 11.0 Å². The van der Waals surface area contributed by atoms with Crippen molar-refractivity contribution in [2.45, 2.75) is 0 Å². The fourth-order valence-electron chi connectivity index (χ4n) is 6.67. The predicted octanol–water partition coefficient (Wildman–Crippen LogP) is 11.4. The van der Waals surface area contributed by atoms with E-state index in [0.717, 1.165) is 61.1 Å². The van der Waals surface area contributed by atoms with E-state index in [1.807, 2.05) is 72.8 Å². The summed E-state index contributed by atoms with van der Waals surface area (Å²) in [6.45, 7) is 0. The molecule has 50 heavy (non-hydrogen) atoms. The number of benzene rings is 7. The Bertz CT molecular complexity index is 2470. The van der Waals surface area contributed by atoms with Crippen molar-refractivity contribution < 1.29 is 0 Å². The van der Waals surface area contributed by atoms with E-state index >= 15 is 0 Å². The van der Waals surface area contributed by atoms with Crippen LogP contribution in [0, 0.1) is 0 Å². The zero-order valence-corrected chi connectivity index (χ0v) is 27.1. The zero-order chi connectivity index (χ0) is 33.3. The average molecular weight is 642 g/mol. The highest BCUT2D eigenvalue weighted by atomic mass is 15.2. The summed E-state index contributed by atoms with van der Waals surface area (Å²) in [5.74, 6) is 1.86. The molecule has 2 heterocycles. The molecule has 0 unspecified atom stereocenters. The Morgan fingerprint density at radius 1 is 0.340 bits per heavy atom. The Balaban J connectivity index is 1.16. The molecule has 0 aliphatic heterocycles. The minimum absolute atomic E-state index is 0.586. The van der Waals surface area contributed by atoms with Crippen LogP contribution in [0.3, 0.4) is 0 Å². The molecule has 0 saturated heterocycles. The summed E-state index contributed by atoms with van der Waals surface area (Å²) in [6, 6.07) is 65.1. The Hall–Kier alpha value is -6.85. The molecule has 2 aromatic heterocycles. The molecule has 0 amide bonds. The molecule has 0 bridgehead atoms. The summed E-state index contributed by atoms with van der Waals surface area (Å²) in [5, 5.41) is 2.28. The van der Waals surface area contributed by atoms with Gasteiger partial charge in [0.1, 0.15) is 0 Å². The molecule has 0 spiro atoms.